The average molecular weight is 437 g/mol. The van der Waals surface area contributed by atoms with Crippen LogP contribution < -0.4 is 4.72 Å². The van der Waals surface area contributed by atoms with Crippen molar-refractivity contribution in [1.29, 1.82) is 0 Å². The molecule has 1 heterocycles. The molecule has 1 unspecified atom stereocenters. The van der Waals surface area contributed by atoms with Crippen molar-refractivity contribution in [2.24, 2.45) is 0 Å². The van der Waals surface area contributed by atoms with Crippen molar-refractivity contribution in [1.82, 2.24) is 9.62 Å². The van der Waals surface area contributed by atoms with Gasteiger partial charge in [0.2, 0.25) is 10.0 Å². The van der Waals surface area contributed by atoms with Gasteiger partial charge in [0.05, 0.1) is 11.5 Å². The minimum absolute atomic E-state index is 0.0847. The Kier molecular flexibility index (Phi) is 7.29. The van der Waals surface area contributed by atoms with Gasteiger partial charge in [0, 0.05) is 36.8 Å². The number of hydrogen-bond donors (Lipinski definition) is 1. The molecule has 3 rings (SSSR count). The van der Waals surface area contributed by atoms with E-state index >= 15 is 0 Å². The highest BCUT2D eigenvalue weighted by atomic mass is 35.5. The normalized spacial score (nSPS) is 16.9. The van der Waals surface area contributed by atoms with Crippen molar-refractivity contribution in [3.63, 3.8) is 0 Å². The highest BCUT2D eigenvalue weighted by Crippen LogP contribution is 2.26. The number of benzene rings is 2. The first-order valence-electron chi connectivity index (χ1n) is 9.55. The van der Waals surface area contributed by atoms with E-state index in [-0.39, 0.29) is 30.0 Å². The fourth-order valence-corrected chi connectivity index (χ4v) is 4.76. The van der Waals surface area contributed by atoms with Gasteiger partial charge in [-0.2, -0.15) is 0 Å². The summed E-state index contributed by atoms with van der Waals surface area (Å²) in [5.41, 5.74) is 1.51. The van der Waals surface area contributed by atoms with Gasteiger partial charge in [0.15, 0.2) is 0 Å². The number of nitrogens with zero attached hydrogens (tertiary/aromatic N) is 1. The largest absolute Gasteiger partial charge is 0.383 e. The van der Waals surface area contributed by atoms with Crippen molar-refractivity contribution in [3.8, 4) is 0 Å². The summed E-state index contributed by atoms with van der Waals surface area (Å²) in [5.74, 6) is -0.0872. The Hall–Kier alpha value is -1.93. The first-order valence-corrected chi connectivity index (χ1v) is 11.4. The van der Waals surface area contributed by atoms with E-state index < -0.39 is 10.0 Å². The van der Waals surface area contributed by atoms with E-state index in [4.69, 9.17) is 16.3 Å². The molecular formula is C21H25ClN2O4S. The SMILES string of the molecule is COCCNS(=O)(=O)c1ccc(C(=O)N2CCCC2Cc2ccccc2Cl)cc1. The maximum Gasteiger partial charge on any atom is 0.254 e. The summed E-state index contributed by atoms with van der Waals surface area (Å²) in [6.45, 7) is 1.17. The molecule has 156 valence electrons. The summed E-state index contributed by atoms with van der Waals surface area (Å²) in [7, 11) is -2.11. The average Bonchev–Trinajstić information content (AvgIpc) is 3.17. The second-order valence-electron chi connectivity index (χ2n) is 7.01. The van der Waals surface area contributed by atoms with Crippen molar-refractivity contribution in [2.75, 3.05) is 26.8 Å². The molecule has 1 N–H and O–H groups in total. The Morgan fingerprint density at radius 2 is 1.93 bits per heavy atom. The molecule has 2 aromatic rings. The lowest BCUT2D eigenvalue weighted by Gasteiger charge is -2.25. The van der Waals surface area contributed by atoms with E-state index in [9.17, 15) is 13.2 Å². The molecule has 0 bridgehead atoms. The zero-order valence-electron chi connectivity index (χ0n) is 16.3. The molecule has 6 nitrogen and oxygen atoms in total. The van der Waals surface area contributed by atoms with Crippen LogP contribution in [0.2, 0.25) is 5.02 Å². The smallest absolute Gasteiger partial charge is 0.254 e. The summed E-state index contributed by atoms with van der Waals surface area (Å²) in [6.07, 6.45) is 2.57. The first-order chi connectivity index (χ1) is 13.9. The highest BCUT2D eigenvalue weighted by Gasteiger charge is 2.30. The number of halogens is 1. The van der Waals surface area contributed by atoms with Gasteiger partial charge in [-0.15, -0.1) is 0 Å². The van der Waals surface area contributed by atoms with E-state index in [1.165, 1.54) is 19.2 Å². The summed E-state index contributed by atoms with van der Waals surface area (Å²) in [6, 6.07) is 13.8. The van der Waals surface area contributed by atoms with Crippen LogP contribution in [-0.2, 0) is 21.2 Å². The number of likely N-dealkylation sites (tertiary alicyclic amines) is 1. The lowest BCUT2D eigenvalue weighted by molar-refractivity contribution is 0.0736. The molecule has 1 fully saturated rings. The molecule has 0 saturated carbocycles. The third-order valence-electron chi connectivity index (χ3n) is 5.06. The first kappa shape index (κ1) is 21.8. The second-order valence-corrected chi connectivity index (χ2v) is 9.18. The number of amides is 1. The van der Waals surface area contributed by atoms with Gasteiger partial charge in [0.1, 0.15) is 0 Å². The number of rotatable bonds is 8. The van der Waals surface area contributed by atoms with Gasteiger partial charge in [-0.25, -0.2) is 13.1 Å². The van der Waals surface area contributed by atoms with Crippen LogP contribution in [0.3, 0.4) is 0 Å². The van der Waals surface area contributed by atoms with Gasteiger partial charge in [-0.05, 0) is 55.2 Å². The Labute approximate surface area is 176 Å². The molecule has 0 radical (unpaired) electrons. The summed E-state index contributed by atoms with van der Waals surface area (Å²) in [4.78, 5) is 15.0. The van der Waals surface area contributed by atoms with E-state index in [1.807, 2.05) is 29.2 Å². The Morgan fingerprint density at radius 1 is 1.21 bits per heavy atom. The zero-order chi connectivity index (χ0) is 20.9. The fraction of sp³-hybridized carbons (Fsp3) is 0.381. The number of methoxy groups -OCH3 is 1. The van der Waals surface area contributed by atoms with E-state index in [1.54, 1.807) is 12.1 Å². The summed E-state index contributed by atoms with van der Waals surface area (Å²) >= 11 is 6.28. The van der Waals surface area contributed by atoms with Crippen LogP contribution in [-0.4, -0.2) is 52.1 Å². The number of sulfonamides is 1. The van der Waals surface area contributed by atoms with Crippen LogP contribution >= 0.6 is 11.6 Å². The minimum atomic E-state index is -3.62. The third-order valence-corrected chi connectivity index (χ3v) is 6.91. The van der Waals surface area contributed by atoms with Gasteiger partial charge in [-0.3, -0.25) is 4.79 Å². The van der Waals surface area contributed by atoms with Crippen LogP contribution in [0.4, 0.5) is 0 Å². The van der Waals surface area contributed by atoms with Crippen molar-refractivity contribution in [2.45, 2.75) is 30.2 Å². The molecule has 1 saturated heterocycles. The fourth-order valence-electron chi connectivity index (χ4n) is 3.54. The number of carbonyl (C=O) groups is 1. The van der Waals surface area contributed by atoms with Gasteiger partial charge < -0.3 is 9.64 Å². The monoisotopic (exact) mass is 436 g/mol. The topological polar surface area (TPSA) is 75.7 Å². The zero-order valence-corrected chi connectivity index (χ0v) is 17.9. The third kappa shape index (κ3) is 5.36. The molecule has 2 aromatic carbocycles. The van der Waals surface area contributed by atoms with Crippen LogP contribution in [0.25, 0.3) is 0 Å². The maximum atomic E-state index is 13.0. The summed E-state index contributed by atoms with van der Waals surface area (Å²) < 4.78 is 31.8. The molecule has 1 atom stereocenters. The van der Waals surface area contributed by atoms with Crippen LogP contribution in [0.15, 0.2) is 53.4 Å². The quantitative estimate of drug-likeness (QED) is 0.645. The number of hydrogen-bond acceptors (Lipinski definition) is 4. The molecule has 1 aliphatic rings. The van der Waals surface area contributed by atoms with Crippen LogP contribution in [0, 0.1) is 0 Å². The van der Waals surface area contributed by atoms with E-state index in [0.717, 1.165) is 18.4 Å². The highest BCUT2D eigenvalue weighted by molar-refractivity contribution is 7.89. The van der Waals surface area contributed by atoms with Crippen LogP contribution in [0.1, 0.15) is 28.8 Å². The Morgan fingerprint density at radius 3 is 2.62 bits per heavy atom. The Bertz CT molecular complexity index is 947. The molecule has 1 aliphatic heterocycles. The Balaban J connectivity index is 1.70. The molecule has 8 heteroatoms. The van der Waals surface area contributed by atoms with Crippen molar-refractivity contribution < 1.29 is 17.9 Å². The molecule has 0 aliphatic carbocycles. The summed E-state index contributed by atoms with van der Waals surface area (Å²) in [5, 5.41) is 0.710. The van der Waals surface area contributed by atoms with Gasteiger partial charge in [0.25, 0.3) is 5.91 Å². The number of ether oxygens (including phenoxy) is 1. The standard InChI is InChI=1S/C21H25ClN2O4S/c1-28-14-12-23-29(26,27)19-10-8-16(9-11-19)21(25)24-13-4-6-18(24)15-17-5-2-3-7-20(17)22/h2-3,5,7-11,18,23H,4,6,12-15H2,1H3. The number of carbonyl (C=O) groups excluding carboxylic acids is 1. The predicted octanol–water partition coefficient (Wildman–Crippen LogP) is 3.11. The van der Waals surface area contributed by atoms with Crippen molar-refractivity contribution >= 4 is 27.5 Å². The lowest BCUT2D eigenvalue weighted by atomic mass is 10.0. The van der Waals surface area contributed by atoms with Crippen molar-refractivity contribution in [3.05, 3.63) is 64.7 Å². The molecule has 29 heavy (non-hydrogen) atoms. The molecule has 0 spiro atoms. The lowest BCUT2D eigenvalue weighted by Crippen LogP contribution is -2.36. The van der Waals surface area contributed by atoms with E-state index in [0.29, 0.717) is 23.6 Å². The van der Waals surface area contributed by atoms with Gasteiger partial charge >= 0.3 is 0 Å². The number of nitrogens with one attached hydrogen (secondary N) is 1. The molecule has 0 aromatic heterocycles. The molecule has 1 amide bonds. The molecular weight excluding hydrogens is 412 g/mol. The predicted molar refractivity (Wildman–Crippen MR) is 113 cm³/mol. The second kappa shape index (κ2) is 9.71. The maximum absolute atomic E-state index is 13.0. The van der Waals surface area contributed by atoms with Crippen LogP contribution in [0.5, 0.6) is 0 Å². The van der Waals surface area contributed by atoms with E-state index in [2.05, 4.69) is 4.72 Å². The van der Waals surface area contributed by atoms with Gasteiger partial charge in [-0.1, -0.05) is 29.8 Å². The minimum Gasteiger partial charge on any atom is -0.383 e.